The molecule has 1 unspecified atom stereocenters. The predicted octanol–water partition coefficient (Wildman–Crippen LogP) is 5.00. The fraction of sp³-hybridized carbons (Fsp3) is 0.524. The molecule has 0 amide bonds. The molecule has 25 heavy (non-hydrogen) atoms. The van der Waals surface area contributed by atoms with Crippen LogP contribution >= 0.6 is 0 Å². The van der Waals surface area contributed by atoms with Crippen LogP contribution in [-0.2, 0) is 19.1 Å². The van der Waals surface area contributed by atoms with Crippen LogP contribution in [0.15, 0.2) is 43.0 Å². The number of esters is 2. The van der Waals surface area contributed by atoms with Crippen molar-refractivity contribution in [2.45, 2.75) is 65.6 Å². The molecule has 0 bridgehead atoms. The fourth-order valence-corrected chi connectivity index (χ4v) is 2.59. The van der Waals surface area contributed by atoms with Gasteiger partial charge in [-0.15, -0.1) is 6.58 Å². The van der Waals surface area contributed by atoms with Crippen LogP contribution in [0.1, 0.15) is 65.5 Å². The topological polar surface area (TPSA) is 52.6 Å². The lowest BCUT2D eigenvalue weighted by molar-refractivity contribution is -0.186. The molecule has 4 heteroatoms. The highest BCUT2D eigenvalue weighted by molar-refractivity contribution is 6.29. The Kier molecular flexibility index (Phi) is 7.40. The summed E-state index contributed by atoms with van der Waals surface area (Å²) in [5, 5.41) is 0. The van der Waals surface area contributed by atoms with E-state index in [-0.39, 0.29) is 5.41 Å². The molecule has 0 spiro atoms. The molecule has 0 fully saturated rings. The van der Waals surface area contributed by atoms with E-state index in [0.29, 0.717) is 6.42 Å². The minimum absolute atomic E-state index is 0.252. The number of hydrogen-bond donors (Lipinski definition) is 0. The molecule has 0 aliphatic rings. The SMILES string of the molecule is C=CCC(OC(=O)C(=O)OC(C)(C)C(C)(C)CCC)c1ccccc1. The van der Waals surface area contributed by atoms with E-state index in [1.165, 1.54) is 0 Å². The van der Waals surface area contributed by atoms with Gasteiger partial charge in [-0.1, -0.05) is 63.6 Å². The number of rotatable bonds is 8. The standard InChI is InChI=1S/C21H30O4/c1-7-12-17(16-13-10-9-11-14-16)24-18(22)19(23)25-21(5,6)20(3,4)15-8-2/h7,9-11,13-14,17H,1,8,12,15H2,2-6H3. The number of benzene rings is 1. The first kappa shape index (κ1) is 20.9. The monoisotopic (exact) mass is 346 g/mol. The second-order valence-electron chi connectivity index (χ2n) is 7.36. The van der Waals surface area contributed by atoms with E-state index in [4.69, 9.17) is 9.47 Å². The summed E-state index contributed by atoms with van der Waals surface area (Å²) in [7, 11) is 0. The zero-order valence-corrected chi connectivity index (χ0v) is 16.0. The second kappa shape index (κ2) is 8.84. The molecule has 0 aliphatic carbocycles. The van der Waals surface area contributed by atoms with Crippen LogP contribution in [0.2, 0.25) is 0 Å². The number of carbonyl (C=O) groups is 2. The summed E-state index contributed by atoms with van der Waals surface area (Å²) >= 11 is 0. The van der Waals surface area contributed by atoms with E-state index < -0.39 is 23.6 Å². The van der Waals surface area contributed by atoms with Crippen molar-refractivity contribution in [3.05, 3.63) is 48.6 Å². The summed E-state index contributed by atoms with van der Waals surface area (Å²) in [4.78, 5) is 24.5. The van der Waals surface area contributed by atoms with Gasteiger partial charge in [-0.05, 0) is 25.8 Å². The lowest BCUT2D eigenvalue weighted by atomic mass is 9.74. The Bertz CT molecular complexity index is 587. The van der Waals surface area contributed by atoms with Gasteiger partial charge in [0.2, 0.25) is 0 Å². The lowest BCUT2D eigenvalue weighted by Crippen LogP contribution is -2.44. The zero-order valence-electron chi connectivity index (χ0n) is 16.0. The van der Waals surface area contributed by atoms with Gasteiger partial charge in [0.15, 0.2) is 0 Å². The molecule has 0 saturated heterocycles. The van der Waals surface area contributed by atoms with Crippen molar-refractivity contribution in [1.82, 2.24) is 0 Å². The van der Waals surface area contributed by atoms with Gasteiger partial charge in [-0.25, -0.2) is 9.59 Å². The van der Waals surface area contributed by atoms with E-state index in [9.17, 15) is 9.59 Å². The van der Waals surface area contributed by atoms with Crippen molar-refractivity contribution < 1.29 is 19.1 Å². The summed E-state index contributed by atoms with van der Waals surface area (Å²) in [6.07, 6.45) is 3.38. The third kappa shape index (κ3) is 5.73. The van der Waals surface area contributed by atoms with Crippen molar-refractivity contribution >= 4 is 11.9 Å². The van der Waals surface area contributed by atoms with Gasteiger partial charge >= 0.3 is 11.9 Å². The third-order valence-electron chi connectivity index (χ3n) is 4.82. The summed E-state index contributed by atoms with van der Waals surface area (Å²) in [5.74, 6) is -1.93. The fourth-order valence-electron chi connectivity index (χ4n) is 2.59. The molecule has 0 radical (unpaired) electrons. The molecule has 0 aliphatic heterocycles. The zero-order chi connectivity index (χ0) is 19.1. The first-order valence-electron chi connectivity index (χ1n) is 8.74. The van der Waals surface area contributed by atoms with Crippen LogP contribution < -0.4 is 0 Å². The molecule has 0 aromatic heterocycles. The number of hydrogen-bond acceptors (Lipinski definition) is 4. The average molecular weight is 346 g/mol. The maximum absolute atomic E-state index is 12.3. The van der Waals surface area contributed by atoms with Crippen LogP contribution in [0.4, 0.5) is 0 Å². The number of carbonyl (C=O) groups excluding carboxylic acids is 2. The largest absolute Gasteiger partial charge is 0.451 e. The molecule has 0 N–H and O–H groups in total. The average Bonchev–Trinajstić information content (AvgIpc) is 2.54. The quantitative estimate of drug-likeness (QED) is 0.378. The van der Waals surface area contributed by atoms with Gasteiger partial charge in [0.1, 0.15) is 11.7 Å². The van der Waals surface area contributed by atoms with Crippen molar-refractivity contribution in [2.24, 2.45) is 5.41 Å². The Balaban J connectivity index is 2.81. The van der Waals surface area contributed by atoms with Crippen LogP contribution in [0.25, 0.3) is 0 Å². The highest BCUT2D eigenvalue weighted by Crippen LogP contribution is 2.38. The van der Waals surface area contributed by atoms with E-state index in [1.807, 2.05) is 58.0 Å². The molecule has 1 atom stereocenters. The molecule has 1 rings (SSSR count). The Morgan fingerprint density at radius 1 is 1.12 bits per heavy atom. The van der Waals surface area contributed by atoms with Crippen LogP contribution in [0.3, 0.4) is 0 Å². The summed E-state index contributed by atoms with van der Waals surface area (Å²) < 4.78 is 10.9. The van der Waals surface area contributed by atoms with E-state index in [0.717, 1.165) is 18.4 Å². The number of ether oxygens (including phenoxy) is 2. The van der Waals surface area contributed by atoms with E-state index in [1.54, 1.807) is 6.08 Å². The van der Waals surface area contributed by atoms with E-state index in [2.05, 4.69) is 13.5 Å². The molecule has 0 heterocycles. The van der Waals surface area contributed by atoms with Crippen molar-refractivity contribution in [1.29, 1.82) is 0 Å². The van der Waals surface area contributed by atoms with Crippen LogP contribution in [0.5, 0.6) is 0 Å². The first-order valence-corrected chi connectivity index (χ1v) is 8.74. The highest BCUT2D eigenvalue weighted by Gasteiger charge is 2.41. The second-order valence-corrected chi connectivity index (χ2v) is 7.36. The first-order chi connectivity index (χ1) is 11.6. The Hall–Kier alpha value is -2.10. The maximum atomic E-state index is 12.3. The molecule has 1 aromatic rings. The molecule has 0 saturated carbocycles. The molecule has 4 nitrogen and oxygen atoms in total. The Morgan fingerprint density at radius 2 is 1.72 bits per heavy atom. The van der Waals surface area contributed by atoms with Crippen LogP contribution in [0, 0.1) is 5.41 Å². The maximum Gasteiger partial charge on any atom is 0.418 e. The Morgan fingerprint density at radius 3 is 2.24 bits per heavy atom. The van der Waals surface area contributed by atoms with Crippen LogP contribution in [-0.4, -0.2) is 17.5 Å². The molecular formula is C21H30O4. The molecule has 1 aromatic carbocycles. The van der Waals surface area contributed by atoms with Gasteiger partial charge in [0, 0.05) is 11.8 Å². The highest BCUT2D eigenvalue weighted by atomic mass is 16.6. The summed E-state index contributed by atoms with van der Waals surface area (Å²) in [5.41, 5.74) is -0.216. The van der Waals surface area contributed by atoms with Crippen molar-refractivity contribution in [2.75, 3.05) is 0 Å². The Labute approximate surface area is 151 Å². The minimum atomic E-state index is -0.976. The van der Waals surface area contributed by atoms with Crippen molar-refractivity contribution in [3.63, 3.8) is 0 Å². The smallest absolute Gasteiger partial charge is 0.418 e. The van der Waals surface area contributed by atoms with Gasteiger partial charge in [0.05, 0.1) is 0 Å². The minimum Gasteiger partial charge on any atom is -0.451 e. The third-order valence-corrected chi connectivity index (χ3v) is 4.82. The van der Waals surface area contributed by atoms with Crippen molar-refractivity contribution in [3.8, 4) is 0 Å². The predicted molar refractivity (Wildman–Crippen MR) is 98.9 cm³/mol. The molecule has 138 valence electrons. The van der Waals surface area contributed by atoms with Gasteiger partial charge < -0.3 is 9.47 Å². The van der Waals surface area contributed by atoms with Gasteiger partial charge in [-0.2, -0.15) is 0 Å². The lowest BCUT2D eigenvalue weighted by Gasteiger charge is -2.40. The van der Waals surface area contributed by atoms with Gasteiger partial charge in [0.25, 0.3) is 0 Å². The summed E-state index contributed by atoms with van der Waals surface area (Å²) in [6, 6.07) is 9.28. The van der Waals surface area contributed by atoms with E-state index >= 15 is 0 Å². The normalized spacial score (nSPS) is 13.0. The van der Waals surface area contributed by atoms with Gasteiger partial charge in [-0.3, -0.25) is 0 Å². The summed E-state index contributed by atoms with van der Waals surface area (Å²) in [6.45, 7) is 13.5. The molecular weight excluding hydrogens is 316 g/mol.